The summed E-state index contributed by atoms with van der Waals surface area (Å²) in [7, 11) is 0. The maximum absolute atomic E-state index is 12.3. The van der Waals surface area contributed by atoms with E-state index in [0.717, 1.165) is 0 Å². The number of rotatable bonds is 5. The summed E-state index contributed by atoms with van der Waals surface area (Å²) < 4.78 is 36.9. The summed E-state index contributed by atoms with van der Waals surface area (Å²) in [6, 6.07) is 0. The molecule has 9 heteroatoms. The van der Waals surface area contributed by atoms with Crippen molar-refractivity contribution in [2.75, 3.05) is 0 Å². The van der Waals surface area contributed by atoms with Gasteiger partial charge in [0.1, 0.15) is 0 Å². The van der Waals surface area contributed by atoms with Crippen LogP contribution in [0, 0.1) is 0 Å². The van der Waals surface area contributed by atoms with Gasteiger partial charge in [-0.15, -0.1) is 0 Å². The number of carbonyl (C=O) groups excluding carboxylic acids is 4. The van der Waals surface area contributed by atoms with Gasteiger partial charge >= 0.3 is 70.7 Å². The molecule has 0 aliphatic heterocycles. The average Bonchev–Trinajstić information content (AvgIpc) is 2.08. The zero-order valence-electron chi connectivity index (χ0n) is 5.93. The molecule has 0 radical (unpaired) electrons. The Morgan fingerprint density at radius 3 is 1.00 bits per heavy atom. The number of halogens is 3. The molecule has 0 spiro atoms. The van der Waals surface area contributed by atoms with Crippen LogP contribution in [0.2, 0.25) is 0 Å². The molecule has 0 aliphatic carbocycles. The van der Waals surface area contributed by atoms with Crippen LogP contribution in [0.25, 0.3) is 0 Å². The SMILES string of the molecule is O=[CH][Fe]([CH]=O)([CH]=O)([CH]=O)[PH](F)(F)F. The molecule has 79 valence electrons. The molecule has 13 heavy (non-hydrogen) atoms. The minimum absolute atomic E-state index is 0.817. The molecule has 0 N–H and O–H groups in total. The van der Waals surface area contributed by atoms with Crippen molar-refractivity contribution >= 4 is 27.6 Å². The van der Waals surface area contributed by atoms with Gasteiger partial charge in [-0.05, 0) is 0 Å². The number of carbonyl (C=O) groups is 4. The molecule has 0 bridgehead atoms. The van der Waals surface area contributed by atoms with Crippen LogP contribution in [-0.4, -0.2) is 20.7 Å². The van der Waals surface area contributed by atoms with Crippen molar-refractivity contribution in [3.05, 3.63) is 0 Å². The van der Waals surface area contributed by atoms with Gasteiger partial charge in [-0.3, -0.25) is 0 Å². The van der Waals surface area contributed by atoms with Crippen molar-refractivity contribution < 1.29 is 43.1 Å². The summed E-state index contributed by atoms with van der Waals surface area (Å²) >= 11 is -6.13. The minimum atomic E-state index is -6.92. The zero-order chi connectivity index (χ0) is 10.8. The Balaban J connectivity index is 5.92. The van der Waals surface area contributed by atoms with Gasteiger partial charge in [0.15, 0.2) is 0 Å². The Morgan fingerprint density at radius 2 is 1.00 bits per heavy atom. The standard InChI is InChI=1S/4CHO.F3HP.Fe/c4*1-2;1-4(2)3;/h4*1H;4H;/q;;;;+1;-1. The van der Waals surface area contributed by atoms with Crippen LogP contribution in [0.4, 0.5) is 12.6 Å². The normalized spacial score (nSPS) is 16.4. The summed E-state index contributed by atoms with van der Waals surface area (Å²) in [5, 5.41) is -3.27. The summed E-state index contributed by atoms with van der Waals surface area (Å²) in [5.41, 5.74) is 0. The summed E-state index contributed by atoms with van der Waals surface area (Å²) in [5.74, 6) is 0. The van der Waals surface area contributed by atoms with Crippen molar-refractivity contribution in [3.8, 4) is 0 Å². The second-order valence-electron chi connectivity index (χ2n) is 1.86. The molecule has 0 saturated heterocycles. The molecule has 0 fully saturated rings. The Labute approximate surface area is 71.4 Å². The van der Waals surface area contributed by atoms with Crippen LogP contribution in [0.15, 0.2) is 0 Å². The average molecular weight is 261 g/mol. The van der Waals surface area contributed by atoms with Crippen LogP contribution >= 0.6 is 6.88 Å². The molecule has 0 aromatic carbocycles. The van der Waals surface area contributed by atoms with E-state index in [4.69, 9.17) is 0 Å². The van der Waals surface area contributed by atoms with Gasteiger partial charge in [-0.25, -0.2) is 0 Å². The van der Waals surface area contributed by atoms with Crippen LogP contribution < -0.4 is 0 Å². The number of hydrogen-bond donors (Lipinski definition) is 0. The van der Waals surface area contributed by atoms with Crippen molar-refractivity contribution in [1.82, 2.24) is 0 Å². The van der Waals surface area contributed by atoms with E-state index in [0.29, 0.717) is 0 Å². The van der Waals surface area contributed by atoms with Crippen molar-refractivity contribution in [2.45, 2.75) is 0 Å². The predicted molar refractivity (Wildman–Crippen MR) is 38.6 cm³/mol. The summed E-state index contributed by atoms with van der Waals surface area (Å²) in [4.78, 5) is 40.7. The second kappa shape index (κ2) is 3.29. The molecule has 0 heterocycles. The van der Waals surface area contributed by atoms with Gasteiger partial charge < -0.3 is 0 Å². The maximum atomic E-state index is 12.3. The van der Waals surface area contributed by atoms with Gasteiger partial charge in [-0.2, -0.15) is 0 Å². The Bertz CT molecular complexity index is 232. The molecule has 0 unspecified atom stereocenters. The van der Waals surface area contributed by atoms with Crippen molar-refractivity contribution in [3.63, 3.8) is 0 Å². The third-order valence-electron chi connectivity index (χ3n) is 1.21. The van der Waals surface area contributed by atoms with E-state index in [1.807, 2.05) is 0 Å². The first-order valence-corrected chi connectivity index (χ1v) is 8.20. The predicted octanol–water partition coefficient (Wildman–Crippen LogP) is 0.755. The molecule has 4 nitrogen and oxygen atoms in total. The van der Waals surface area contributed by atoms with E-state index in [9.17, 15) is 31.8 Å². The molecular formula is C4H5F3FeO4P. The molecule has 0 aliphatic rings. The van der Waals surface area contributed by atoms with Gasteiger partial charge in [0.05, 0.1) is 0 Å². The monoisotopic (exact) mass is 261 g/mol. The fraction of sp³-hybridized carbons (Fsp3) is 0. The Hall–Kier alpha value is -0.581. The van der Waals surface area contributed by atoms with Crippen molar-refractivity contribution in [2.24, 2.45) is 0 Å². The van der Waals surface area contributed by atoms with E-state index < -0.39 is 39.0 Å². The van der Waals surface area contributed by atoms with Crippen LogP contribution in [0.1, 0.15) is 0 Å². The molecule has 0 amide bonds. The van der Waals surface area contributed by atoms with E-state index in [1.54, 1.807) is 0 Å². The second-order valence-corrected chi connectivity index (χ2v) is 12.5. The molecule has 0 atom stereocenters. The van der Waals surface area contributed by atoms with E-state index in [1.165, 1.54) is 0 Å². The molecular weight excluding hydrogens is 256 g/mol. The third kappa shape index (κ3) is 1.35. The number of hydrogen-bond acceptors (Lipinski definition) is 4. The quantitative estimate of drug-likeness (QED) is 0.416. The van der Waals surface area contributed by atoms with Gasteiger partial charge in [0.2, 0.25) is 0 Å². The Kier molecular flexibility index (Phi) is 3.14. The first-order chi connectivity index (χ1) is 5.82. The third-order valence-corrected chi connectivity index (χ3v) is 10.2. The van der Waals surface area contributed by atoms with Gasteiger partial charge in [-0.1, -0.05) is 0 Å². The summed E-state index contributed by atoms with van der Waals surface area (Å²) in [6.07, 6.45) is 0. The van der Waals surface area contributed by atoms with E-state index in [2.05, 4.69) is 0 Å². The first kappa shape index (κ1) is 12.4. The fourth-order valence-electron chi connectivity index (χ4n) is 0.307. The first-order valence-electron chi connectivity index (χ1n) is 2.50. The van der Waals surface area contributed by atoms with Crippen LogP contribution in [-0.2, 0) is 30.5 Å². The van der Waals surface area contributed by atoms with Crippen molar-refractivity contribution in [1.29, 1.82) is 0 Å². The van der Waals surface area contributed by atoms with E-state index in [-0.39, 0.29) is 0 Å². The molecule has 0 aromatic heterocycles. The zero-order valence-corrected chi connectivity index (χ0v) is 8.03. The molecule has 0 aromatic rings. The van der Waals surface area contributed by atoms with E-state index >= 15 is 0 Å². The summed E-state index contributed by atoms with van der Waals surface area (Å²) in [6.45, 7) is -6.92. The van der Waals surface area contributed by atoms with Gasteiger partial charge in [0, 0.05) is 0 Å². The van der Waals surface area contributed by atoms with Crippen LogP contribution in [0.3, 0.4) is 0 Å². The van der Waals surface area contributed by atoms with Crippen LogP contribution in [0.5, 0.6) is 0 Å². The van der Waals surface area contributed by atoms with Gasteiger partial charge in [0.25, 0.3) is 0 Å². The topological polar surface area (TPSA) is 68.3 Å². The molecule has 0 saturated carbocycles. The molecule has 0 rings (SSSR count). The Morgan fingerprint density at radius 1 is 0.769 bits per heavy atom. The fourth-order valence-corrected chi connectivity index (χ4v) is 2.82.